The van der Waals surface area contributed by atoms with E-state index in [1.54, 1.807) is 4.90 Å². The van der Waals surface area contributed by atoms with E-state index in [2.05, 4.69) is 10.1 Å². The van der Waals surface area contributed by atoms with E-state index in [0.29, 0.717) is 48.4 Å². The molecule has 12 heteroatoms. The highest BCUT2D eigenvalue weighted by Crippen LogP contribution is 2.35. The van der Waals surface area contributed by atoms with Crippen molar-refractivity contribution in [3.05, 3.63) is 86.0 Å². The Morgan fingerprint density at radius 3 is 2.66 bits per heavy atom. The largest absolute Gasteiger partial charge is 0.387 e. The molecule has 6 rings (SSSR count). The predicted molar refractivity (Wildman–Crippen MR) is 135 cm³/mol. The van der Waals surface area contributed by atoms with Gasteiger partial charge in [0.25, 0.3) is 0 Å². The number of imidazole rings is 1. The smallest absolute Gasteiger partial charge is 0.326 e. The van der Waals surface area contributed by atoms with Crippen LogP contribution in [0.3, 0.4) is 0 Å². The monoisotopic (exact) mass is 541 g/mol. The van der Waals surface area contributed by atoms with Crippen LogP contribution in [0.15, 0.2) is 51.7 Å². The van der Waals surface area contributed by atoms with Gasteiger partial charge >= 0.3 is 5.69 Å². The van der Waals surface area contributed by atoms with E-state index in [1.165, 1.54) is 52.3 Å². The number of fused-ring (bicyclic) bond motifs is 1. The van der Waals surface area contributed by atoms with Crippen LogP contribution < -0.4 is 5.69 Å². The Labute approximate surface area is 218 Å². The second-order valence-corrected chi connectivity index (χ2v) is 10.3. The first kappa shape index (κ1) is 24.4. The minimum Gasteiger partial charge on any atom is -0.387 e. The zero-order chi connectivity index (χ0) is 26.4. The number of aromatic nitrogens is 3. The minimum atomic E-state index is -0.841. The number of amides is 1. The molecule has 1 saturated heterocycles. The van der Waals surface area contributed by atoms with Crippen molar-refractivity contribution in [2.75, 3.05) is 13.1 Å². The highest BCUT2D eigenvalue weighted by Gasteiger charge is 2.31. The number of hydrogen-bond donors (Lipinski definition) is 1. The maximum absolute atomic E-state index is 14.1. The number of oxime groups is 1. The predicted octanol–water partition coefficient (Wildman–Crippen LogP) is 4.48. The molecule has 38 heavy (non-hydrogen) atoms. The molecule has 2 aliphatic rings. The Balaban J connectivity index is 1.07. The molecule has 1 unspecified atom stereocenters. The van der Waals surface area contributed by atoms with Gasteiger partial charge in [0.2, 0.25) is 5.91 Å². The molecular formula is C26H22F3N5O3S. The molecule has 1 fully saturated rings. The van der Waals surface area contributed by atoms with Crippen LogP contribution in [-0.4, -0.2) is 44.1 Å². The lowest BCUT2D eigenvalue weighted by Gasteiger charge is -2.31. The summed E-state index contributed by atoms with van der Waals surface area (Å²) in [6.45, 7) is 0.836. The van der Waals surface area contributed by atoms with Crippen LogP contribution in [0.5, 0.6) is 0 Å². The molecule has 8 nitrogen and oxygen atoms in total. The second-order valence-electron chi connectivity index (χ2n) is 9.38. The molecule has 2 aromatic carbocycles. The van der Waals surface area contributed by atoms with E-state index in [-0.39, 0.29) is 30.4 Å². The number of halogens is 3. The van der Waals surface area contributed by atoms with Gasteiger partial charge in [-0.1, -0.05) is 11.2 Å². The average molecular weight is 542 g/mol. The van der Waals surface area contributed by atoms with Crippen LogP contribution in [0.2, 0.25) is 0 Å². The quantitative estimate of drug-likeness (QED) is 0.404. The normalized spacial score (nSPS) is 18.1. The number of nitrogens with one attached hydrogen (secondary N) is 1. The fourth-order valence-electron chi connectivity index (χ4n) is 5.00. The Morgan fingerprint density at radius 2 is 1.89 bits per heavy atom. The molecule has 4 heterocycles. The van der Waals surface area contributed by atoms with Crippen molar-refractivity contribution in [2.24, 2.45) is 5.16 Å². The maximum Gasteiger partial charge on any atom is 0.326 e. The zero-order valence-corrected chi connectivity index (χ0v) is 20.8. The number of piperidine rings is 1. The number of nitrogens with zero attached hydrogens (tertiary/aromatic N) is 4. The highest BCUT2D eigenvalue weighted by atomic mass is 32.1. The SMILES string of the molecule is O=C(Cn1c(=O)[nH]c2ccc(F)cc21)N1CCC(c2nc(C3=NOC(c4c(F)cccc4F)C3)cs2)CC1. The van der Waals surface area contributed by atoms with Gasteiger partial charge in [0.05, 0.1) is 27.3 Å². The fourth-order valence-corrected chi connectivity index (χ4v) is 6.00. The molecule has 2 aliphatic heterocycles. The van der Waals surface area contributed by atoms with Crippen molar-refractivity contribution in [3.63, 3.8) is 0 Å². The van der Waals surface area contributed by atoms with Gasteiger partial charge in [0, 0.05) is 30.8 Å². The third-order valence-electron chi connectivity index (χ3n) is 7.04. The number of benzene rings is 2. The molecule has 0 radical (unpaired) electrons. The van der Waals surface area contributed by atoms with Crippen LogP contribution in [0.4, 0.5) is 13.2 Å². The number of H-pyrrole nitrogens is 1. The van der Waals surface area contributed by atoms with Crippen LogP contribution in [-0.2, 0) is 16.2 Å². The van der Waals surface area contributed by atoms with Crippen molar-refractivity contribution in [1.29, 1.82) is 0 Å². The zero-order valence-electron chi connectivity index (χ0n) is 20.0. The number of rotatable bonds is 5. The lowest BCUT2D eigenvalue weighted by Crippen LogP contribution is -2.40. The molecule has 0 aliphatic carbocycles. The number of likely N-dealkylation sites (tertiary alicyclic amines) is 1. The highest BCUT2D eigenvalue weighted by molar-refractivity contribution is 7.10. The summed E-state index contributed by atoms with van der Waals surface area (Å²) in [5, 5.41) is 6.79. The van der Waals surface area contributed by atoms with Gasteiger partial charge in [-0.25, -0.2) is 22.9 Å². The number of hydrogen-bond acceptors (Lipinski definition) is 6. The van der Waals surface area contributed by atoms with Crippen molar-refractivity contribution in [2.45, 2.75) is 37.8 Å². The number of thiazole rings is 1. The van der Waals surface area contributed by atoms with Gasteiger partial charge in [0.15, 0.2) is 6.10 Å². The molecule has 1 amide bonds. The first-order valence-corrected chi connectivity index (χ1v) is 13.0. The number of carbonyl (C=O) groups excluding carboxylic acids is 1. The van der Waals surface area contributed by atoms with Gasteiger partial charge in [-0.15, -0.1) is 11.3 Å². The van der Waals surface area contributed by atoms with E-state index in [1.807, 2.05) is 5.38 Å². The van der Waals surface area contributed by atoms with Crippen LogP contribution >= 0.6 is 11.3 Å². The molecule has 1 N–H and O–H groups in total. The summed E-state index contributed by atoms with van der Waals surface area (Å²) in [4.78, 5) is 39.6. The van der Waals surface area contributed by atoms with Crippen molar-refractivity contribution < 1.29 is 22.8 Å². The van der Waals surface area contributed by atoms with Gasteiger partial charge in [-0.05, 0) is 43.2 Å². The van der Waals surface area contributed by atoms with E-state index in [4.69, 9.17) is 9.82 Å². The molecule has 1 atom stereocenters. The molecule has 196 valence electrons. The van der Waals surface area contributed by atoms with E-state index in [9.17, 15) is 22.8 Å². The minimum absolute atomic E-state index is 0.140. The van der Waals surface area contributed by atoms with Crippen LogP contribution in [0, 0.1) is 17.5 Å². The maximum atomic E-state index is 14.1. The standard InChI is InChI=1S/C26H22F3N5O3S/c27-15-4-5-18-21(10-15)34(26(36)31-18)12-23(35)33-8-6-14(7-9-33)25-30-20(13-38-25)19-11-22(37-32-19)24-16(28)2-1-3-17(24)29/h1-5,10,13-14,22H,6-9,11-12H2,(H,31,36). The molecule has 4 aromatic rings. The van der Waals surface area contributed by atoms with E-state index >= 15 is 0 Å². The lowest BCUT2D eigenvalue weighted by atomic mass is 9.97. The van der Waals surface area contributed by atoms with Crippen molar-refractivity contribution in [3.8, 4) is 0 Å². The van der Waals surface area contributed by atoms with E-state index in [0.717, 1.165) is 5.01 Å². The Kier molecular flexibility index (Phi) is 6.26. The lowest BCUT2D eigenvalue weighted by molar-refractivity contribution is -0.132. The van der Waals surface area contributed by atoms with Crippen LogP contribution in [0.1, 0.15) is 47.5 Å². The van der Waals surface area contributed by atoms with E-state index < -0.39 is 29.2 Å². The summed E-state index contributed by atoms with van der Waals surface area (Å²) in [7, 11) is 0. The average Bonchev–Trinajstić information content (AvgIpc) is 3.64. The Bertz CT molecular complexity index is 1600. The van der Waals surface area contributed by atoms with Gasteiger partial charge in [-0.2, -0.15) is 0 Å². The van der Waals surface area contributed by atoms with Crippen molar-refractivity contribution in [1.82, 2.24) is 19.4 Å². The Morgan fingerprint density at radius 1 is 1.13 bits per heavy atom. The Hall–Kier alpha value is -3.93. The summed E-state index contributed by atoms with van der Waals surface area (Å²) in [5.74, 6) is -1.89. The first-order valence-electron chi connectivity index (χ1n) is 12.2. The summed E-state index contributed by atoms with van der Waals surface area (Å²) >= 11 is 1.48. The molecule has 2 aromatic heterocycles. The summed E-state index contributed by atoms with van der Waals surface area (Å²) in [6, 6.07) is 7.66. The number of aromatic amines is 1. The third kappa shape index (κ3) is 4.49. The van der Waals surface area contributed by atoms with Gasteiger partial charge in [-0.3, -0.25) is 9.36 Å². The van der Waals surface area contributed by atoms with Gasteiger partial charge < -0.3 is 14.7 Å². The summed E-state index contributed by atoms with van der Waals surface area (Å²) < 4.78 is 43.2. The molecular weight excluding hydrogens is 519 g/mol. The topological polar surface area (TPSA) is 92.6 Å². The number of carbonyl (C=O) groups is 1. The second kappa shape index (κ2) is 9.75. The van der Waals surface area contributed by atoms with Crippen LogP contribution in [0.25, 0.3) is 11.0 Å². The third-order valence-corrected chi connectivity index (χ3v) is 8.04. The summed E-state index contributed by atoms with van der Waals surface area (Å²) in [6.07, 6.45) is 0.766. The van der Waals surface area contributed by atoms with Gasteiger partial charge in [0.1, 0.15) is 29.7 Å². The van der Waals surface area contributed by atoms with Crippen molar-refractivity contribution >= 4 is 34.0 Å². The first-order chi connectivity index (χ1) is 18.4. The molecule has 0 bridgehead atoms. The summed E-state index contributed by atoms with van der Waals surface area (Å²) in [5.41, 5.74) is 1.39. The molecule has 0 spiro atoms. The molecule has 0 saturated carbocycles. The fraction of sp³-hybridized carbons (Fsp3) is 0.308.